The molecule has 2 heterocycles. The number of piperidine rings is 1. The molecular weight excluding hydrogens is 270 g/mol. The summed E-state index contributed by atoms with van der Waals surface area (Å²) in [6, 6.07) is 0. The number of nitrogens with one attached hydrogen (secondary N) is 1. The van der Waals surface area contributed by atoms with E-state index < -0.39 is 0 Å². The number of hydrogen-bond donors (Lipinski definition) is 1. The summed E-state index contributed by atoms with van der Waals surface area (Å²) in [5, 5.41) is 4.46. The number of rotatable bonds is 6. The molecule has 0 bridgehead atoms. The molecule has 0 spiro atoms. The quantitative estimate of drug-likeness (QED) is 0.876. The second-order valence-corrected chi connectivity index (χ2v) is 6.94. The van der Waals surface area contributed by atoms with Crippen LogP contribution >= 0.6 is 11.3 Å². The largest absolute Gasteiger partial charge is 0.384 e. The lowest BCUT2D eigenvalue weighted by Crippen LogP contribution is -2.34. The Morgan fingerprint density at radius 1 is 1.40 bits per heavy atom. The summed E-state index contributed by atoms with van der Waals surface area (Å²) in [5.74, 6) is 1.21. The van der Waals surface area contributed by atoms with Crippen LogP contribution in [0.15, 0.2) is 0 Å². The van der Waals surface area contributed by atoms with Crippen LogP contribution in [0, 0.1) is 5.92 Å². The van der Waals surface area contributed by atoms with E-state index in [0.29, 0.717) is 5.92 Å². The minimum absolute atomic E-state index is 0.495. The van der Waals surface area contributed by atoms with Crippen molar-refractivity contribution in [3.8, 4) is 0 Å². The number of hydrogen-bond acceptors (Lipinski definition) is 5. The lowest BCUT2D eigenvalue weighted by molar-refractivity contribution is 0.139. The zero-order valence-electron chi connectivity index (χ0n) is 13.1. The van der Waals surface area contributed by atoms with Gasteiger partial charge in [0, 0.05) is 38.2 Å². The molecule has 1 aromatic rings. The zero-order valence-corrected chi connectivity index (χ0v) is 13.9. The second kappa shape index (κ2) is 7.38. The fourth-order valence-corrected chi connectivity index (χ4v) is 4.03. The lowest BCUT2D eigenvalue weighted by atomic mass is 9.98. The van der Waals surface area contributed by atoms with Crippen molar-refractivity contribution in [2.75, 3.05) is 38.8 Å². The van der Waals surface area contributed by atoms with Gasteiger partial charge in [0.15, 0.2) is 5.13 Å². The van der Waals surface area contributed by atoms with Crippen LogP contribution in [0.3, 0.4) is 0 Å². The van der Waals surface area contributed by atoms with Gasteiger partial charge in [-0.25, -0.2) is 4.98 Å². The first-order valence-corrected chi connectivity index (χ1v) is 8.35. The van der Waals surface area contributed by atoms with Gasteiger partial charge in [0.1, 0.15) is 0 Å². The summed E-state index contributed by atoms with van der Waals surface area (Å²) in [6.07, 6.45) is 2.43. The van der Waals surface area contributed by atoms with E-state index in [1.165, 1.54) is 28.5 Å². The van der Waals surface area contributed by atoms with E-state index in [1.54, 1.807) is 7.11 Å². The molecule has 5 heteroatoms. The van der Waals surface area contributed by atoms with E-state index in [2.05, 4.69) is 24.1 Å². The van der Waals surface area contributed by atoms with Crippen LogP contribution < -0.4 is 10.2 Å². The number of methoxy groups -OCH3 is 1. The van der Waals surface area contributed by atoms with E-state index in [4.69, 9.17) is 9.72 Å². The lowest BCUT2D eigenvalue weighted by Gasteiger charge is -2.31. The molecule has 114 valence electrons. The van der Waals surface area contributed by atoms with Crippen molar-refractivity contribution in [1.29, 1.82) is 0 Å². The van der Waals surface area contributed by atoms with Crippen LogP contribution in [0.25, 0.3) is 0 Å². The first-order valence-electron chi connectivity index (χ1n) is 7.53. The topological polar surface area (TPSA) is 37.4 Å². The molecule has 1 aliphatic rings. The minimum Gasteiger partial charge on any atom is -0.384 e. The first-order chi connectivity index (χ1) is 9.65. The molecule has 4 nitrogen and oxygen atoms in total. The van der Waals surface area contributed by atoms with E-state index in [9.17, 15) is 0 Å². The molecule has 1 aliphatic heterocycles. The van der Waals surface area contributed by atoms with Crippen LogP contribution in [0.5, 0.6) is 0 Å². The summed E-state index contributed by atoms with van der Waals surface area (Å²) in [7, 11) is 3.80. The fraction of sp³-hybridized carbons (Fsp3) is 0.800. The van der Waals surface area contributed by atoms with E-state index in [0.717, 1.165) is 32.2 Å². The molecule has 20 heavy (non-hydrogen) atoms. The first kappa shape index (κ1) is 15.7. The van der Waals surface area contributed by atoms with Gasteiger partial charge in [-0.15, -0.1) is 11.3 Å². The fourth-order valence-electron chi connectivity index (χ4n) is 2.75. The SMILES string of the molecule is CNCc1sc(N2CCC(COC)CC2)nc1C(C)C. The summed E-state index contributed by atoms with van der Waals surface area (Å²) < 4.78 is 5.27. The Morgan fingerprint density at radius 2 is 2.10 bits per heavy atom. The van der Waals surface area contributed by atoms with Crippen LogP contribution in [0.4, 0.5) is 5.13 Å². The molecule has 0 unspecified atom stereocenters. The third kappa shape index (κ3) is 3.71. The van der Waals surface area contributed by atoms with Crippen molar-refractivity contribution >= 4 is 16.5 Å². The van der Waals surface area contributed by atoms with Crippen LogP contribution in [0.2, 0.25) is 0 Å². The number of aromatic nitrogens is 1. The van der Waals surface area contributed by atoms with Gasteiger partial charge in [0.05, 0.1) is 5.69 Å². The van der Waals surface area contributed by atoms with Gasteiger partial charge >= 0.3 is 0 Å². The Hall–Kier alpha value is -0.650. The molecule has 2 rings (SSSR count). The average Bonchev–Trinajstić information content (AvgIpc) is 2.85. The van der Waals surface area contributed by atoms with Gasteiger partial charge in [0.25, 0.3) is 0 Å². The Labute approximate surface area is 126 Å². The standard InChI is InChI=1S/C15H27N3OS/c1-11(2)14-13(9-16-3)20-15(17-14)18-7-5-12(6-8-18)10-19-4/h11-12,16H,5-10H2,1-4H3. The van der Waals surface area contributed by atoms with Crippen molar-refractivity contribution in [2.45, 2.75) is 39.2 Å². The second-order valence-electron chi connectivity index (χ2n) is 5.88. The smallest absolute Gasteiger partial charge is 0.185 e. The van der Waals surface area contributed by atoms with E-state index >= 15 is 0 Å². The van der Waals surface area contributed by atoms with Crippen molar-refractivity contribution in [2.24, 2.45) is 5.92 Å². The van der Waals surface area contributed by atoms with Gasteiger partial charge in [-0.3, -0.25) is 0 Å². The van der Waals surface area contributed by atoms with Crippen LogP contribution in [-0.2, 0) is 11.3 Å². The summed E-state index contributed by atoms with van der Waals surface area (Å²) in [4.78, 5) is 8.73. The zero-order chi connectivity index (χ0) is 14.5. The number of nitrogens with zero attached hydrogens (tertiary/aromatic N) is 2. The molecule has 1 saturated heterocycles. The number of anilines is 1. The third-order valence-electron chi connectivity index (χ3n) is 3.89. The average molecular weight is 297 g/mol. The van der Waals surface area contributed by atoms with Crippen molar-refractivity contribution in [3.63, 3.8) is 0 Å². The van der Waals surface area contributed by atoms with Crippen LogP contribution in [-0.4, -0.2) is 38.8 Å². The van der Waals surface area contributed by atoms with Crippen LogP contribution in [0.1, 0.15) is 43.2 Å². The molecule has 0 amide bonds. The van der Waals surface area contributed by atoms with Gasteiger partial charge in [-0.2, -0.15) is 0 Å². The monoisotopic (exact) mass is 297 g/mol. The Bertz CT molecular complexity index is 411. The summed E-state index contributed by atoms with van der Waals surface area (Å²) in [5.41, 5.74) is 1.26. The van der Waals surface area contributed by atoms with Gasteiger partial charge in [-0.05, 0) is 31.7 Å². The number of thiazole rings is 1. The Morgan fingerprint density at radius 3 is 2.65 bits per heavy atom. The molecule has 1 N–H and O–H groups in total. The highest BCUT2D eigenvalue weighted by Gasteiger charge is 2.23. The highest BCUT2D eigenvalue weighted by Crippen LogP contribution is 2.32. The molecule has 0 aromatic carbocycles. The van der Waals surface area contributed by atoms with Crippen molar-refractivity contribution in [3.05, 3.63) is 10.6 Å². The van der Waals surface area contributed by atoms with Gasteiger partial charge in [0.2, 0.25) is 0 Å². The molecule has 0 saturated carbocycles. The maximum Gasteiger partial charge on any atom is 0.185 e. The van der Waals surface area contributed by atoms with Gasteiger partial charge in [-0.1, -0.05) is 13.8 Å². The molecule has 0 atom stereocenters. The van der Waals surface area contributed by atoms with Crippen molar-refractivity contribution in [1.82, 2.24) is 10.3 Å². The van der Waals surface area contributed by atoms with E-state index in [1.807, 2.05) is 18.4 Å². The maximum atomic E-state index is 5.27. The van der Waals surface area contributed by atoms with Crippen molar-refractivity contribution < 1.29 is 4.74 Å². The number of ether oxygens (including phenoxy) is 1. The third-order valence-corrected chi connectivity index (χ3v) is 5.02. The molecule has 0 aliphatic carbocycles. The van der Waals surface area contributed by atoms with Gasteiger partial charge < -0.3 is 15.0 Å². The predicted molar refractivity (Wildman–Crippen MR) is 85.8 cm³/mol. The van der Waals surface area contributed by atoms with E-state index in [-0.39, 0.29) is 0 Å². The minimum atomic E-state index is 0.495. The Kier molecular flexibility index (Phi) is 5.81. The highest BCUT2D eigenvalue weighted by atomic mass is 32.1. The molecular formula is C15H27N3OS. The predicted octanol–water partition coefficient (Wildman–Crippen LogP) is 2.85. The molecule has 0 radical (unpaired) electrons. The maximum absolute atomic E-state index is 5.27. The molecule has 1 fully saturated rings. The summed E-state index contributed by atoms with van der Waals surface area (Å²) in [6.45, 7) is 8.49. The molecule has 1 aromatic heterocycles. The normalized spacial score (nSPS) is 17.1. The summed E-state index contributed by atoms with van der Waals surface area (Å²) >= 11 is 1.85. The highest BCUT2D eigenvalue weighted by molar-refractivity contribution is 7.15. The Balaban J connectivity index is 2.04.